The maximum atomic E-state index is 12.4. The maximum Gasteiger partial charge on any atom is 0.242 e. The van der Waals surface area contributed by atoms with Gasteiger partial charge in [0.1, 0.15) is 5.54 Å². The molecule has 0 aromatic carbocycles. The van der Waals surface area contributed by atoms with E-state index < -0.39 is 5.54 Å². The van der Waals surface area contributed by atoms with Crippen molar-refractivity contribution in [2.24, 2.45) is 17.1 Å². The number of carbonyl (C=O) groups is 1. The second-order valence-corrected chi connectivity index (χ2v) is 5.88. The minimum Gasteiger partial charge on any atom is -0.377 e. The van der Waals surface area contributed by atoms with Crippen molar-refractivity contribution >= 4 is 5.91 Å². The molecule has 1 saturated carbocycles. The van der Waals surface area contributed by atoms with Crippen molar-refractivity contribution in [3.8, 4) is 12.3 Å². The molecule has 0 aromatic heterocycles. The predicted octanol–water partition coefficient (Wildman–Crippen LogP) is 0.657. The number of ether oxygens (including phenoxy) is 1. The molecule has 1 saturated heterocycles. The van der Waals surface area contributed by atoms with Crippen LogP contribution in [0.3, 0.4) is 0 Å². The van der Waals surface area contributed by atoms with Crippen LogP contribution in [0.2, 0.25) is 0 Å². The number of rotatable bonds is 3. The molecule has 3 N–H and O–H groups in total. The van der Waals surface area contributed by atoms with E-state index in [4.69, 9.17) is 16.9 Å². The van der Waals surface area contributed by atoms with Gasteiger partial charge in [-0.15, -0.1) is 6.42 Å². The number of nitrogens with one attached hydrogen (secondary N) is 1. The van der Waals surface area contributed by atoms with Gasteiger partial charge < -0.3 is 15.8 Å². The van der Waals surface area contributed by atoms with Crippen LogP contribution in [0.15, 0.2) is 0 Å². The fourth-order valence-electron chi connectivity index (χ4n) is 3.38. The van der Waals surface area contributed by atoms with Crippen molar-refractivity contribution in [2.75, 3.05) is 6.61 Å². The quantitative estimate of drug-likeness (QED) is 0.723. The molecule has 1 heterocycles. The van der Waals surface area contributed by atoms with Gasteiger partial charge in [-0.2, -0.15) is 0 Å². The smallest absolute Gasteiger partial charge is 0.242 e. The van der Waals surface area contributed by atoms with Crippen LogP contribution in [0.1, 0.15) is 33.6 Å². The molecule has 4 nitrogen and oxygen atoms in total. The molecule has 100 valence electrons. The van der Waals surface area contributed by atoms with Crippen molar-refractivity contribution in [1.29, 1.82) is 0 Å². The number of nitrogens with two attached hydrogens (primary N) is 1. The van der Waals surface area contributed by atoms with Crippen molar-refractivity contribution < 1.29 is 9.53 Å². The molecule has 0 bridgehead atoms. The Bertz CT molecular complexity index is 399. The highest BCUT2D eigenvalue weighted by molar-refractivity contribution is 5.90. The van der Waals surface area contributed by atoms with E-state index in [1.807, 2.05) is 20.8 Å². The minimum atomic E-state index is -0.863. The topological polar surface area (TPSA) is 64.4 Å². The number of terminal acetylenes is 1. The Kier molecular flexibility index (Phi) is 3.16. The van der Waals surface area contributed by atoms with Crippen molar-refractivity contribution in [1.82, 2.24) is 5.32 Å². The average Bonchev–Trinajstić information content (AvgIpc) is 2.82. The molecule has 1 aliphatic carbocycles. The lowest BCUT2D eigenvalue weighted by atomic mass is 9.48. The summed E-state index contributed by atoms with van der Waals surface area (Å²) in [6, 6.07) is -0.241. The normalized spacial score (nSPS) is 38.2. The molecule has 1 amide bonds. The van der Waals surface area contributed by atoms with Gasteiger partial charge in [0.25, 0.3) is 0 Å². The second-order valence-electron chi connectivity index (χ2n) is 5.88. The molecule has 0 aromatic rings. The monoisotopic (exact) mass is 250 g/mol. The summed E-state index contributed by atoms with van der Waals surface area (Å²) in [4.78, 5) is 12.4. The van der Waals surface area contributed by atoms with Crippen LogP contribution >= 0.6 is 0 Å². The number of amides is 1. The number of hydrogen-bond donors (Lipinski definition) is 2. The zero-order chi connectivity index (χ0) is 13.6. The molecular weight excluding hydrogens is 228 g/mol. The van der Waals surface area contributed by atoms with Gasteiger partial charge in [0.05, 0.1) is 12.1 Å². The number of fused-ring (bicyclic) bond motifs is 1. The van der Waals surface area contributed by atoms with E-state index in [0.29, 0.717) is 13.0 Å². The van der Waals surface area contributed by atoms with Crippen LogP contribution in [-0.4, -0.2) is 30.2 Å². The Hall–Kier alpha value is -1.05. The third-order valence-electron chi connectivity index (χ3n) is 4.74. The standard InChI is InChI=1S/C14H22N2O2/c1-5-9(6-2)16-12(17)14(15)10-7-8-18-11(10)13(14,3)4/h1,9-11H,6-8,15H2,2-4H3,(H,16,17). The highest BCUT2D eigenvalue weighted by atomic mass is 16.5. The van der Waals surface area contributed by atoms with Crippen molar-refractivity contribution in [3.63, 3.8) is 0 Å². The van der Waals surface area contributed by atoms with Gasteiger partial charge in [0, 0.05) is 17.9 Å². The molecule has 4 atom stereocenters. The molecule has 2 aliphatic rings. The SMILES string of the molecule is C#CC(CC)NC(=O)C1(N)C2CCOC2C1(C)C. The summed E-state index contributed by atoms with van der Waals surface area (Å²) in [5, 5.41) is 2.87. The third kappa shape index (κ3) is 1.51. The molecule has 1 aliphatic heterocycles. The molecule has 18 heavy (non-hydrogen) atoms. The first-order chi connectivity index (χ1) is 8.39. The molecular formula is C14H22N2O2. The van der Waals surface area contributed by atoms with Crippen LogP contribution in [0.25, 0.3) is 0 Å². The largest absolute Gasteiger partial charge is 0.377 e. The van der Waals surface area contributed by atoms with Gasteiger partial charge in [-0.3, -0.25) is 4.79 Å². The first-order valence-corrected chi connectivity index (χ1v) is 6.57. The van der Waals surface area contributed by atoms with E-state index in [9.17, 15) is 4.79 Å². The lowest BCUT2D eigenvalue weighted by Gasteiger charge is -2.60. The zero-order valence-corrected chi connectivity index (χ0v) is 11.3. The fraction of sp³-hybridized carbons (Fsp3) is 0.786. The molecule has 0 radical (unpaired) electrons. The highest BCUT2D eigenvalue weighted by Gasteiger charge is 2.71. The van der Waals surface area contributed by atoms with Gasteiger partial charge in [-0.05, 0) is 12.8 Å². The van der Waals surface area contributed by atoms with Crippen LogP contribution in [0.5, 0.6) is 0 Å². The van der Waals surface area contributed by atoms with Crippen LogP contribution in [0, 0.1) is 23.7 Å². The van der Waals surface area contributed by atoms with E-state index in [2.05, 4.69) is 11.2 Å². The number of carbonyl (C=O) groups excluding carboxylic acids is 1. The summed E-state index contributed by atoms with van der Waals surface area (Å²) in [6.07, 6.45) is 7.04. The van der Waals surface area contributed by atoms with E-state index in [1.54, 1.807) is 0 Å². The Morgan fingerprint density at radius 3 is 2.89 bits per heavy atom. The first kappa shape index (κ1) is 13.4. The van der Waals surface area contributed by atoms with Crippen LogP contribution < -0.4 is 11.1 Å². The van der Waals surface area contributed by atoms with E-state index in [-0.39, 0.29) is 29.4 Å². The van der Waals surface area contributed by atoms with Crippen molar-refractivity contribution in [2.45, 2.75) is 51.3 Å². The zero-order valence-electron chi connectivity index (χ0n) is 11.3. The summed E-state index contributed by atoms with van der Waals surface area (Å²) in [6.45, 7) is 6.63. The molecule has 2 fully saturated rings. The lowest BCUT2D eigenvalue weighted by molar-refractivity contribution is -0.175. The Morgan fingerprint density at radius 2 is 2.33 bits per heavy atom. The predicted molar refractivity (Wildman–Crippen MR) is 69.6 cm³/mol. The Labute approximate surface area is 109 Å². The summed E-state index contributed by atoms with van der Waals surface area (Å²) >= 11 is 0. The van der Waals surface area contributed by atoms with Gasteiger partial charge in [0.15, 0.2) is 0 Å². The van der Waals surface area contributed by atoms with Crippen LogP contribution in [-0.2, 0) is 9.53 Å². The summed E-state index contributed by atoms with van der Waals surface area (Å²) < 4.78 is 5.67. The van der Waals surface area contributed by atoms with Gasteiger partial charge in [0.2, 0.25) is 5.91 Å². The van der Waals surface area contributed by atoms with E-state index in [1.165, 1.54) is 0 Å². The summed E-state index contributed by atoms with van der Waals surface area (Å²) in [7, 11) is 0. The van der Waals surface area contributed by atoms with Crippen molar-refractivity contribution in [3.05, 3.63) is 0 Å². The average molecular weight is 250 g/mol. The molecule has 0 spiro atoms. The number of hydrogen-bond acceptors (Lipinski definition) is 3. The van der Waals surface area contributed by atoms with Gasteiger partial charge in [-0.25, -0.2) is 0 Å². The highest BCUT2D eigenvalue weighted by Crippen LogP contribution is 2.58. The molecule has 2 rings (SSSR count). The van der Waals surface area contributed by atoms with E-state index >= 15 is 0 Å². The third-order valence-corrected chi connectivity index (χ3v) is 4.74. The van der Waals surface area contributed by atoms with Gasteiger partial charge >= 0.3 is 0 Å². The molecule has 4 heteroatoms. The minimum absolute atomic E-state index is 0.0964. The fourth-order valence-corrected chi connectivity index (χ4v) is 3.38. The second kappa shape index (κ2) is 4.25. The van der Waals surface area contributed by atoms with Gasteiger partial charge in [-0.1, -0.05) is 26.7 Å². The van der Waals surface area contributed by atoms with Crippen LogP contribution in [0.4, 0.5) is 0 Å². The Morgan fingerprint density at radius 1 is 1.67 bits per heavy atom. The summed E-state index contributed by atoms with van der Waals surface area (Å²) in [5.74, 6) is 2.55. The van der Waals surface area contributed by atoms with E-state index in [0.717, 1.165) is 6.42 Å². The lowest BCUT2D eigenvalue weighted by Crippen LogP contribution is -2.80. The maximum absolute atomic E-state index is 12.4. The Balaban J connectivity index is 2.16. The first-order valence-electron chi connectivity index (χ1n) is 6.57. The molecule has 4 unspecified atom stereocenters. The summed E-state index contributed by atoms with van der Waals surface area (Å²) in [5.41, 5.74) is 5.20.